The highest BCUT2D eigenvalue weighted by atomic mass is 32.2. The summed E-state index contributed by atoms with van der Waals surface area (Å²) in [6, 6.07) is 9.39. The monoisotopic (exact) mass is 389 g/mol. The van der Waals surface area contributed by atoms with E-state index in [1.54, 1.807) is 11.6 Å². The van der Waals surface area contributed by atoms with Gasteiger partial charge in [0.1, 0.15) is 10.6 Å². The fourth-order valence-corrected chi connectivity index (χ4v) is 4.80. The third-order valence-electron chi connectivity index (χ3n) is 5.17. The fraction of sp³-hybridized carbons (Fsp3) is 0.450. The van der Waals surface area contributed by atoms with Gasteiger partial charge >= 0.3 is 0 Å². The van der Waals surface area contributed by atoms with Crippen LogP contribution < -0.4 is 5.32 Å². The van der Waals surface area contributed by atoms with Crippen LogP contribution in [0.3, 0.4) is 0 Å². The van der Waals surface area contributed by atoms with Crippen molar-refractivity contribution in [2.24, 2.45) is 13.0 Å². The van der Waals surface area contributed by atoms with E-state index in [0.717, 1.165) is 24.0 Å². The van der Waals surface area contributed by atoms with Crippen molar-refractivity contribution in [1.82, 2.24) is 14.2 Å². The number of sulfonamides is 1. The van der Waals surface area contributed by atoms with Gasteiger partial charge in [-0.15, -0.1) is 0 Å². The number of hydrogen-bond donors (Lipinski definition) is 1. The Morgan fingerprint density at radius 3 is 2.44 bits per heavy atom. The number of aromatic nitrogens is 1. The molecular formula is C20H27N3O3S. The van der Waals surface area contributed by atoms with Gasteiger partial charge in [-0.25, -0.2) is 8.42 Å². The van der Waals surface area contributed by atoms with Gasteiger partial charge in [-0.3, -0.25) is 4.79 Å². The van der Waals surface area contributed by atoms with Crippen LogP contribution in [0.5, 0.6) is 0 Å². The molecule has 0 spiro atoms. The van der Waals surface area contributed by atoms with E-state index in [2.05, 4.69) is 12.2 Å². The summed E-state index contributed by atoms with van der Waals surface area (Å²) in [7, 11) is -1.87. The topological polar surface area (TPSA) is 71.4 Å². The Bertz CT molecular complexity index is 908. The molecule has 1 fully saturated rings. The van der Waals surface area contributed by atoms with E-state index in [1.165, 1.54) is 16.6 Å². The Morgan fingerprint density at radius 1 is 1.19 bits per heavy atom. The number of nitrogens with zero attached hydrogens (tertiary/aromatic N) is 2. The van der Waals surface area contributed by atoms with Gasteiger partial charge in [0.15, 0.2) is 0 Å². The summed E-state index contributed by atoms with van der Waals surface area (Å²) in [6.45, 7) is 5.62. The lowest BCUT2D eigenvalue weighted by atomic mass is 10.0. The molecule has 2 aromatic rings. The van der Waals surface area contributed by atoms with Crippen molar-refractivity contribution in [3.63, 3.8) is 0 Å². The number of carbonyl (C=O) groups excluding carboxylic acids is 1. The van der Waals surface area contributed by atoms with E-state index in [9.17, 15) is 13.2 Å². The van der Waals surface area contributed by atoms with E-state index in [4.69, 9.17) is 0 Å². The van der Waals surface area contributed by atoms with Gasteiger partial charge in [0.2, 0.25) is 10.0 Å². The van der Waals surface area contributed by atoms with Gasteiger partial charge in [0, 0.05) is 32.9 Å². The zero-order chi connectivity index (χ0) is 19.6. The quantitative estimate of drug-likeness (QED) is 0.855. The number of rotatable bonds is 5. The molecule has 1 amide bonds. The molecule has 7 heteroatoms. The molecule has 3 rings (SSSR count). The third kappa shape index (κ3) is 4.42. The molecule has 0 aliphatic carbocycles. The molecular weight excluding hydrogens is 362 g/mol. The Morgan fingerprint density at radius 2 is 1.81 bits per heavy atom. The number of benzene rings is 1. The predicted octanol–water partition coefficient (Wildman–Crippen LogP) is 2.68. The highest BCUT2D eigenvalue weighted by molar-refractivity contribution is 7.89. The van der Waals surface area contributed by atoms with Crippen LogP contribution in [0.2, 0.25) is 0 Å². The van der Waals surface area contributed by atoms with Gasteiger partial charge in [-0.1, -0.05) is 36.8 Å². The fourth-order valence-electron chi connectivity index (χ4n) is 3.25. The number of aryl methyl sites for hydroxylation is 2. The van der Waals surface area contributed by atoms with Crippen LogP contribution in [0, 0.1) is 12.8 Å². The first-order valence-corrected chi connectivity index (χ1v) is 10.7. The van der Waals surface area contributed by atoms with Gasteiger partial charge < -0.3 is 9.88 Å². The van der Waals surface area contributed by atoms with Crippen LogP contribution in [0.25, 0.3) is 0 Å². The highest BCUT2D eigenvalue weighted by Gasteiger charge is 2.30. The molecule has 1 N–H and O–H groups in total. The minimum Gasteiger partial charge on any atom is -0.347 e. The van der Waals surface area contributed by atoms with Gasteiger partial charge in [-0.05, 0) is 37.3 Å². The lowest BCUT2D eigenvalue weighted by molar-refractivity contribution is 0.0942. The predicted molar refractivity (Wildman–Crippen MR) is 105 cm³/mol. The van der Waals surface area contributed by atoms with Crippen LogP contribution >= 0.6 is 0 Å². The number of hydrogen-bond acceptors (Lipinski definition) is 3. The molecule has 146 valence electrons. The summed E-state index contributed by atoms with van der Waals surface area (Å²) in [5.41, 5.74) is 2.50. The van der Waals surface area contributed by atoms with Crippen LogP contribution in [0.1, 0.15) is 41.4 Å². The maximum atomic E-state index is 12.9. The van der Waals surface area contributed by atoms with Crippen molar-refractivity contribution in [2.75, 3.05) is 13.1 Å². The molecule has 0 saturated carbocycles. The second-order valence-corrected chi connectivity index (χ2v) is 9.36. The Kier molecular flexibility index (Phi) is 5.72. The van der Waals surface area contributed by atoms with E-state index < -0.39 is 10.0 Å². The molecule has 1 aromatic heterocycles. The van der Waals surface area contributed by atoms with Gasteiger partial charge in [0.25, 0.3) is 5.91 Å². The van der Waals surface area contributed by atoms with Crippen molar-refractivity contribution >= 4 is 15.9 Å². The van der Waals surface area contributed by atoms with E-state index in [1.807, 2.05) is 31.2 Å². The van der Waals surface area contributed by atoms with Gasteiger partial charge in [-0.2, -0.15) is 4.31 Å². The maximum Gasteiger partial charge on any atom is 0.268 e. The molecule has 0 atom stereocenters. The zero-order valence-electron chi connectivity index (χ0n) is 16.1. The van der Waals surface area contributed by atoms with E-state index in [-0.39, 0.29) is 10.8 Å². The summed E-state index contributed by atoms with van der Waals surface area (Å²) >= 11 is 0. The average Bonchev–Trinajstić information content (AvgIpc) is 3.04. The van der Waals surface area contributed by atoms with Crippen LogP contribution in [0.4, 0.5) is 0 Å². The first-order chi connectivity index (χ1) is 12.8. The molecule has 0 unspecified atom stereocenters. The summed E-state index contributed by atoms with van der Waals surface area (Å²) in [5.74, 6) is 0.266. The summed E-state index contributed by atoms with van der Waals surface area (Å²) in [4.78, 5) is 12.7. The highest BCUT2D eigenvalue weighted by Crippen LogP contribution is 2.24. The number of carbonyl (C=O) groups is 1. The van der Waals surface area contributed by atoms with E-state index >= 15 is 0 Å². The minimum atomic E-state index is -3.56. The van der Waals surface area contributed by atoms with Crippen LogP contribution in [-0.4, -0.2) is 36.3 Å². The Balaban J connectivity index is 1.71. The third-order valence-corrected chi connectivity index (χ3v) is 7.03. The molecule has 27 heavy (non-hydrogen) atoms. The Hall–Kier alpha value is -2.12. The molecule has 1 aliphatic heterocycles. The van der Waals surface area contributed by atoms with Gasteiger partial charge in [0.05, 0.1) is 0 Å². The maximum absolute atomic E-state index is 12.9. The van der Waals surface area contributed by atoms with Crippen molar-refractivity contribution in [2.45, 2.75) is 38.1 Å². The van der Waals surface area contributed by atoms with Crippen LogP contribution in [-0.2, 0) is 23.6 Å². The first kappa shape index (κ1) is 19.6. The first-order valence-electron chi connectivity index (χ1n) is 9.27. The molecule has 2 heterocycles. The molecule has 0 radical (unpaired) electrons. The minimum absolute atomic E-state index is 0.181. The lowest BCUT2D eigenvalue weighted by Gasteiger charge is -2.29. The number of amides is 1. The normalized spacial score (nSPS) is 16.4. The molecule has 1 saturated heterocycles. The van der Waals surface area contributed by atoms with Crippen LogP contribution in [0.15, 0.2) is 41.4 Å². The Labute approximate surface area is 161 Å². The zero-order valence-corrected chi connectivity index (χ0v) is 16.9. The van der Waals surface area contributed by atoms with Crippen molar-refractivity contribution in [3.8, 4) is 0 Å². The van der Waals surface area contributed by atoms with Crippen molar-refractivity contribution in [3.05, 3.63) is 53.3 Å². The smallest absolute Gasteiger partial charge is 0.268 e. The lowest BCUT2D eigenvalue weighted by Crippen LogP contribution is -2.37. The second-order valence-electron chi connectivity index (χ2n) is 7.43. The largest absolute Gasteiger partial charge is 0.347 e. The summed E-state index contributed by atoms with van der Waals surface area (Å²) in [6.07, 6.45) is 3.26. The standard InChI is InChI=1S/C20H27N3O3S/c1-15-4-6-17(7-5-15)13-21-20(24)19-12-18(14-22(19)3)27(25,26)23-10-8-16(2)9-11-23/h4-7,12,14,16H,8-11,13H2,1-3H3,(H,21,24). The van der Waals surface area contributed by atoms with Crippen molar-refractivity contribution in [1.29, 1.82) is 0 Å². The van der Waals surface area contributed by atoms with Crippen molar-refractivity contribution < 1.29 is 13.2 Å². The second kappa shape index (κ2) is 7.86. The molecule has 1 aromatic carbocycles. The summed E-state index contributed by atoms with van der Waals surface area (Å²) < 4.78 is 28.8. The molecule has 6 nitrogen and oxygen atoms in total. The average molecular weight is 390 g/mol. The number of piperidine rings is 1. The molecule has 1 aliphatic rings. The molecule has 0 bridgehead atoms. The summed E-state index contributed by atoms with van der Waals surface area (Å²) in [5, 5.41) is 2.86. The SMILES string of the molecule is Cc1ccc(CNC(=O)c2cc(S(=O)(=O)N3CCC(C)CC3)cn2C)cc1. The van der Waals surface area contributed by atoms with E-state index in [0.29, 0.717) is 31.2 Å². The number of nitrogens with one attached hydrogen (secondary N) is 1.